The summed E-state index contributed by atoms with van der Waals surface area (Å²) >= 11 is 0. The molecule has 2 nitrogen and oxygen atoms in total. The van der Waals surface area contributed by atoms with Gasteiger partial charge in [-0.25, -0.2) is 0 Å². The van der Waals surface area contributed by atoms with Gasteiger partial charge in [-0.1, -0.05) is 31.5 Å². The van der Waals surface area contributed by atoms with Crippen molar-refractivity contribution >= 4 is 0 Å². The van der Waals surface area contributed by atoms with E-state index in [9.17, 15) is 0 Å². The second kappa shape index (κ2) is 5.76. The Balaban J connectivity index is 2.82. The molecule has 1 atom stereocenters. The number of hydrogen-bond acceptors (Lipinski definition) is 2. The van der Waals surface area contributed by atoms with Crippen LogP contribution in [0.3, 0.4) is 0 Å². The average molecular weight is 207 g/mol. The molecule has 15 heavy (non-hydrogen) atoms. The molecule has 0 aliphatic carbocycles. The van der Waals surface area contributed by atoms with Gasteiger partial charge in [-0.2, -0.15) is 0 Å². The molecule has 0 amide bonds. The van der Waals surface area contributed by atoms with E-state index < -0.39 is 0 Å². The van der Waals surface area contributed by atoms with Crippen molar-refractivity contribution in [2.24, 2.45) is 5.73 Å². The quantitative estimate of drug-likeness (QED) is 0.805. The van der Waals surface area contributed by atoms with E-state index in [0.29, 0.717) is 6.54 Å². The molecule has 1 unspecified atom stereocenters. The second-order valence-corrected chi connectivity index (χ2v) is 3.98. The minimum Gasteiger partial charge on any atom is -0.490 e. The highest BCUT2D eigenvalue weighted by molar-refractivity contribution is 5.40. The van der Waals surface area contributed by atoms with E-state index in [0.717, 1.165) is 24.2 Å². The molecule has 0 saturated heterocycles. The summed E-state index contributed by atoms with van der Waals surface area (Å²) in [4.78, 5) is 0. The summed E-state index contributed by atoms with van der Waals surface area (Å²) in [5.41, 5.74) is 7.95. The number of nitrogens with two attached hydrogens (primary N) is 1. The van der Waals surface area contributed by atoms with Crippen LogP contribution < -0.4 is 10.5 Å². The highest BCUT2D eigenvalue weighted by Crippen LogP contribution is 2.24. The standard InChI is InChI=1S/C13H21NO/c1-4-6-11(3)15-13-10(2)7-5-8-12(13)9-14/h5,7-8,11H,4,6,9,14H2,1-3H3. The Morgan fingerprint density at radius 1 is 1.40 bits per heavy atom. The van der Waals surface area contributed by atoms with Gasteiger partial charge >= 0.3 is 0 Å². The number of para-hydroxylation sites is 1. The molecular weight excluding hydrogens is 186 g/mol. The third-order valence-electron chi connectivity index (χ3n) is 2.53. The van der Waals surface area contributed by atoms with Crippen molar-refractivity contribution in [3.05, 3.63) is 29.3 Å². The van der Waals surface area contributed by atoms with Crippen LogP contribution in [0.25, 0.3) is 0 Å². The molecule has 0 aromatic heterocycles. The van der Waals surface area contributed by atoms with Crippen LogP contribution in [0.2, 0.25) is 0 Å². The summed E-state index contributed by atoms with van der Waals surface area (Å²) in [7, 11) is 0. The Morgan fingerprint density at radius 3 is 2.73 bits per heavy atom. The number of ether oxygens (including phenoxy) is 1. The van der Waals surface area contributed by atoms with Gasteiger partial charge < -0.3 is 10.5 Å². The van der Waals surface area contributed by atoms with Gasteiger partial charge in [-0.15, -0.1) is 0 Å². The van der Waals surface area contributed by atoms with Gasteiger partial charge in [0.15, 0.2) is 0 Å². The van der Waals surface area contributed by atoms with Gasteiger partial charge in [0.1, 0.15) is 5.75 Å². The number of benzene rings is 1. The van der Waals surface area contributed by atoms with Crippen molar-refractivity contribution in [1.82, 2.24) is 0 Å². The number of aryl methyl sites for hydroxylation is 1. The third-order valence-corrected chi connectivity index (χ3v) is 2.53. The minimum absolute atomic E-state index is 0.265. The first-order valence-electron chi connectivity index (χ1n) is 5.64. The maximum Gasteiger partial charge on any atom is 0.127 e. The highest BCUT2D eigenvalue weighted by atomic mass is 16.5. The van der Waals surface area contributed by atoms with E-state index in [1.54, 1.807) is 0 Å². The van der Waals surface area contributed by atoms with E-state index in [1.807, 2.05) is 12.1 Å². The van der Waals surface area contributed by atoms with Crippen LogP contribution in [0.1, 0.15) is 37.8 Å². The van der Waals surface area contributed by atoms with Crippen LogP contribution in [0.5, 0.6) is 5.75 Å². The molecule has 0 bridgehead atoms. The first-order valence-corrected chi connectivity index (χ1v) is 5.64. The van der Waals surface area contributed by atoms with Gasteiger partial charge in [0.25, 0.3) is 0 Å². The van der Waals surface area contributed by atoms with E-state index in [1.165, 1.54) is 5.56 Å². The maximum absolute atomic E-state index is 5.93. The lowest BCUT2D eigenvalue weighted by molar-refractivity contribution is 0.206. The van der Waals surface area contributed by atoms with Crippen molar-refractivity contribution in [2.75, 3.05) is 0 Å². The van der Waals surface area contributed by atoms with Crippen molar-refractivity contribution in [1.29, 1.82) is 0 Å². The lowest BCUT2D eigenvalue weighted by Gasteiger charge is -2.18. The SMILES string of the molecule is CCCC(C)Oc1c(C)cccc1CN. The van der Waals surface area contributed by atoms with Crippen LogP contribution in [-0.2, 0) is 6.54 Å². The number of hydrogen-bond donors (Lipinski definition) is 1. The Bertz CT molecular complexity index is 309. The first kappa shape index (κ1) is 12.1. The molecule has 1 aromatic rings. The van der Waals surface area contributed by atoms with Crippen LogP contribution in [0.4, 0.5) is 0 Å². The fourth-order valence-corrected chi connectivity index (χ4v) is 1.71. The van der Waals surface area contributed by atoms with Crippen molar-refractivity contribution < 1.29 is 4.74 Å². The van der Waals surface area contributed by atoms with Crippen LogP contribution in [0.15, 0.2) is 18.2 Å². The average Bonchev–Trinajstić information content (AvgIpc) is 2.21. The molecular formula is C13H21NO. The lowest BCUT2D eigenvalue weighted by atomic mass is 10.1. The molecule has 2 N–H and O–H groups in total. The normalized spacial score (nSPS) is 12.5. The Labute approximate surface area is 92.4 Å². The summed E-state index contributed by atoms with van der Waals surface area (Å²) in [5, 5.41) is 0. The molecule has 0 aliphatic heterocycles. The van der Waals surface area contributed by atoms with Crippen molar-refractivity contribution in [3.8, 4) is 5.75 Å². The van der Waals surface area contributed by atoms with Crippen LogP contribution in [-0.4, -0.2) is 6.10 Å². The fraction of sp³-hybridized carbons (Fsp3) is 0.538. The first-order chi connectivity index (χ1) is 7.19. The fourth-order valence-electron chi connectivity index (χ4n) is 1.71. The van der Waals surface area contributed by atoms with Crippen LogP contribution >= 0.6 is 0 Å². The summed E-state index contributed by atoms with van der Waals surface area (Å²) in [6, 6.07) is 6.11. The van der Waals surface area contributed by atoms with Gasteiger partial charge in [0.05, 0.1) is 6.10 Å². The molecule has 1 aromatic carbocycles. The third kappa shape index (κ3) is 3.24. The zero-order valence-electron chi connectivity index (χ0n) is 9.92. The Kier molecular flexibility index (Phi) is 4.63. The van der Waals surface area contributed by atoms with Gasteiger partial charge in [-0.05, 0) is 25.8 Å². The molecule has 0 aliphatic rings. The maximum atomic E-state index is 5.93. The number of rotatable bonds is 5. The molecule has 0 fully saturated rings. The highest BCUT2D eigenvalue weighted by Gasteiger charge is 2.09. The van der Waals surface area contributed by atoms with Crippen LogP contribution in [0, 0.1) is 6.92 Å². The molecule has 84 valence electrons. The van der Waals surface area contributed by atoms with Crippen molar-refractivity contribution in [2.45, 2.75) is 46.3 Å². The lowest BCUT2D eigenvalue weighted by Crippen LogP contribution is -2.14. The Morgan fingerprint density at radius 2 is 2.13 bits per heavy atom. The molecule has 1 rings (SSSR count). The predicted molar refractivity (Wildman–Crippen MR) is 64.1 cm³/mol. The summed E-state index contributed by atoms with van der Waals surface area (Å²) < 4.78 is 5.93. The summed E-state index contributed by atoms with van der Waals surface area (Å²) in [6.07, 6.45) is 2.49. The molecule has 2 heteroatoms. The Hall–Kier alpha value is -1.02. The largest absolute Gasteiger partial charge is 0.490 e. The van der Waals surface area contributed by atoms with Gasteiger partial charge in [0.2, 0.25) is 0 Å². The van der Waals surface area contributed by atoms with Gasteiger partial charge in [0, 0.05) is 12.1 Å². The summed E-state index contributed by atoms with van der Waals surface area (Å²) in [6.45, 7) is 6.88. The molecule has 0 spiro atoms. The van der Waals surface area contributed by atoms with E-state index in [4.69, 9.17) is 10.5 Å². The zero-order valence-corrected chi connectivity index (χ0v) is 9.92. The molecule has 0 radical (unpaired) electrons. The second-order valence-electron chi connectivity index (χ2n) is 3.98. The smallest absolute Gasteiger partial charge is 0.127 e. The summed E-state index contributed by atoms with van der Waals surface area (Å²) in [5.74, 6) is 0.973. The topological polar surface area (TPSA) is 35.2 Å². The monoisotopic (exact) mass is 207 g/mol. The molecule has 0 saturated carbocycles. The van der Waals surface area contributed by atoms with Gasteiger partial charge in [-0.3, -0.25) is 0 Å². The minimum atomic E-state index is 0.265. The van der Waals surface area contributed by atoms with E-state index >= 15 is 0 Å². The van der Waals surface area contributed by atoms with E-state index in [-0.39, 0.29) is 6.10 Å². The van der Waals surface area contributed by atoms with E-state index in [2.05, 4.69) is 26.8 Å². The van der Waals surface area contributed by atoms with Crippen molar-refractivity contribution in [3.63, 3.8) is 0 Å². The molecule has 0 heterocycles. The zero-order chi connectivity index (χ0) is 11.3. The predicted octanol–water partition coefficient (Wildman–Crippen LogP) is 3.02.